The molecule has 2 heterocycles. The number of benzene rings is 1. The summed E-state index contributed by atoms with van der Waals surface area (Å²) in [6.45, 7) is 1.59. The van der Waals surface area contributed by atoms with Gasteiger partial charge in [0, 0.05) is 23.0 Å². The first-order chi connectivity index (χ1) is 10.2. The first-order valence-corrected chi connectivity index (χ1v) is 8.08. The highest BCUT2D eigenvalue weighted by atomic mass is 79.9. The molecular weight excluding hydrogens is 386 g/mol. The van der Waals surface area contributed by atoms with Gasteiger partial charge in [-0.1, -0.05) is 29.8 Å². The van der Waals surface area contributed by atoms with Crippen LogP contribution < -0.4 is 17.0 Å². The summed E-state index contributed by atoms with van der Waals surface area (Å²) in [4.78, 5) is 15.8. The number of hydrogen-bond donors (Lipinski definition) is 0. The minimum Gasteiger partial charge on any atom is -1.00 e. The van der Waals surface area contributed by atoms with Gasteiger partial charge in [0.15, 0.2) is 0 Å². The van der Waals surface area contributed by atoms with Crippen molar-refractivity contribution in [3.8, 4) is 0 Å². The molecule has 0 N–H and O–H groups in total. The van der Waals surface area contributed by atoms with Crippen molar-refractivity contribution in [2.24, 2.45) is 0 Å². The number of halogens is 2. The number of fused-ring (bicyclic) bond motifs is 1. The Kier molecular flexibility index (Phi) is 6.03. The maximum absolute atomic E-state index is 12.3. The van der Waals surface area contributed by atoms with E-state index in [1.54, 1.807) is 11.3 Å². The van der Waals surface area contributed by atoms with E-state index in [0.29, 0.717) is 5.02 Å². The Labute approximate surface area is 151 Å². The molecule has 1 aliphatic heterocycles. The van der Waals surface area contributed by atoms with Crippen LogP contribution in [0.5, 0.6) is 0 Å². The van der Waals surface area contributed by atoms with Gasteiger partial charge in [-0.2, -0.15) is 0 Å². The van der Waals surface area contributed by atoms with Crippen molar-refractivity contribution in [3.05, 3.63) is 56.7 Å². The molecule has 0 aliphatic carbocycles. The van der Waals surface area contributed by atoms with Crippen LogP contribution in [0.25, 0.3) is 0 Å². The van der Waals surface area contributed by atoms with Crippen LogP contribution in [0.3, 0.4) is 0 Å². The minimum absolute atomic E-state index is 0. The van der Waals surface area contributed by atoms with Crippen molar-refractivity contribution in [2.75, 3.05) is 13.7 Å². The third-order valence-electron chi connectivity index (χ3n) is 3.83. The number of ether oxygens (including phenoxy) is 1. The van der Waals surface area contributed by atoms with Gasteiger partial charge >= 0.3 is 7.40 Å². The Bertz CT molecular complexity index is 667. The largest absolute Gasteiger partial charge is 1.00 e. The topological polar surface area (TPSA) is 29.5 Å². The first kappa shape index (κ1) is 17.5. The van der Waals surface area contributed by atoms with Crippen molar-refractivity contribution in [2.45, 2.75) is 19.0 Å². The van der Waals surface area contributed by atoms with Gasteiger partial charge in [-0.05, 0) is 35.1 Å². The van der Waals surface area contributed by atoms with Crippen molar-refractivity contribution in [3.63, 3.8) is 0 Å². The van der Waals surface area contributed by atoms with Gasteiger partial charge in [-0.25, -0.2) is 4.79 Å². The molecule has 0 saturated heterocycles. The van der Waals surface area contributed by atoms with Crippen molar-refractivity contribution < 1.29 is 27.9 Å². The van der Waals surface area contributed by atoms with Crippen molar-refractivity contribution in [1.29, 1.82) is 0 Å². The van der Waals surface area contributed by atoms with E-state index >= 15 is 0 Å². The van der Waals surface area contributed by atoms with Gasteiger partial charge in [0.25, 0.3) is 0 Å². The molecule has 3 nitrogen and oxygen atoms in total. The highest BCUT2D eigenvalue weighted by Gasteiger charge is 2.32. The Morgan fingerprint density at radius 2 is 2.18 bits per heavy atom. The zero-order valence-corrected chi connectivity index (χ0v) is 15.2. The molecule has 22 heavy (non-hydrogen) atoms. The molecule has 0 unspecified atom stereocenters. The normalized spacial score (nSPS) is 15.5. The number of thiophene rings is 1. The number of carbonyl (C=O) groups excluding carboxylic acids is 1. The lowest BCUT2D eigenvalue weighted by molar-refractivity contribution is -0.147. The van der Waals surface area contributed by atoms with Crippen LogP contribution in [0.4, 0.5) is 0 Å². The lowest BCUT2D eigenvalue weighted by Gasteiger charge is -2.33. The molecular formula is C16H17BrClNO2S. The van der Waals surface area contributed by atoms with E-state index in [4.69, 9.17) is 16.3 Å². The second-order valence-electron chi connectivity index (χ2n) is 5.04. The molecule has 6 heteroatoms. The maximum Gasteiger partial charge on any atom is 1.00 e. The van der Waals surface area contributed by atoms with Crippen LogP contribution in [-0.2, 0) is 22.5 Å². The molecule has 1 aliphatic rings. The van der Waals surface area contributed by atoms with Crippen LogP contribution in [-0.4, -0.2) is 24.5 Å². The maximum atomic E-state index is 12.3. The van der Waals surface area contributed by atoms with Gasteiger partial charge in [0.1, 0.15) is 6.04 Å². The van der Waals surface area contributed by atoms with Crippen LogP contribution in [0.15, 0.2) is 35.7 Å². The molecule has 0 radical (unpaired) electrons. The molecule has 118 valence electrons. The van der Waals surface area contributed by atoms with Crippen molar-refractivity contribution in [1.82, 2.24) is 4.90 Å². The van der Waals surface area contributed by atoms with Crippen LogP contribution in [0.2, 0.25) is 5.02 Å². The standard InChI is InChI=1S/C16H16ClNO2S.BrH/c1-20-16(19)15(12-4-2-3-5-13(12)17)18-8-6-14-11(10-18)7-9-21-14;/h2-5,7,9,15H,6,8,10H2,1H3;1H/t15-;/m0./s1. The van der Waals surface area contributed by atoms with Gasteiger partial charge < -0.3 is 21.7 Å². The lowest BCUT2D eigenvalue weighted by atomic mass is 10.0. The van der Waals surface area contributed by atoms with Gasteiger partial charge in [0.2, 0.25) is 0 Å². The number of esters is 1. The van der Waals surface area contributed by atoms with Crippen molar-refractivity contribution >= 4 is 28.9 Å². The minimum atomic E-state index is -0.447. The molecule has 0 bridgehead atoms. The SMILES string of the molecule is COC(=O)[C@H](c1ccccc1Cl)N1CCc2sccc2C1.[Br-].[H+]. The molecule has 0 saturated carbocycles. The van der Waals surface area contributed by atoms with Crippen LogP contribution >= 0.6 is 22.9 Å². The molecule has 3 rings (SSSR count). The monoisotopic (exact) mass is 401 g/mol. The fourth-order valence-electron chi connectivity index (χ4n) is 2.77. The summed E-state index contributed by atoms with van der Waals surface area (Å²) in [5.74, 6) is -0.262. The molecule has 1 atom stereocenters. The van der Waals surface area contributed by atoms with E-state index in [1.165, 1.54) is 17.6 Å². The third-order valence-corrected chi connectivity index (χ3v) is 5.19. The summed E-state index contributed by atoms with van der Waals surface area (Å²) in [5, 5.41) is 2.71. The summed E-state index contributed by atoms with van der Waals surface area (Å²) in [6, 6.07) is 9.16. The quantitative estimate of drug-likeness (QED) is 0.711. The molecule has 1 aromatic carbocycles. The summed E-state index contributed by atoms with van der Waals surface area (Å²) in [6.07, 6.45) is 0.963. The highest BCUT2D eigenvalue weighted by molar-refractivity contribution is 7.10. The predicted octanol–water partition coefficient (Wildman–Crippen LogP) is 0.790. The molecule has 0 amide bonds. The zero-order valence-electron chi connectivity index (χ0n) is 13.1. The summed E-state index contributed by atoms with van der Waals surface area (Å²) < 4.78 is 5.01. The first-order valence-electron chi connectivity index (χ1n) is 6.82. The molecule has 2 aromatic rings. The number of methoxy groups -OCH3 is 1. The average Bonchev–Trinajstić information content (AvgIpc) is 2.97. The van der Waals surface area contributed by atoms with E-state index in [0.717, 1.165) is 25.1 Å². The number of carbonyl (C=O) groups is 1. The lowest BCUT2D eigenvalue weighted by Crippen LogP contribution is -3.00. The Balaban J connectivity index is 0.00000132. The Hall–Kier alpha value is -0.880. The average molecular weight is 403 g/mol. The molecule has 0 spiro atoms. The highest BCUT2D eigenvalue weighted by Crippen LogP contribution is 2.33. The van der Waals surface area contributed by atoms with E-state index in [-0.39, 0.29) is 24.4 Å². The number of nitrogens with zero attached hydrogens (tertiary/aromatic N) is 1. The van der Waals surface area contributed by atoms with Crippen LogP contribution in [0.1, 0.15) is 23.5 Å². The van der Waals surface area contributed by atoms with E-state index in [9.17, 15) is 4.79 Å². The third kappa shape index (κ3) is 3.38. The Morgan fingerprint density at radius 3 is 2.91 bits per heavy atom. The zero-order chi connectivity index (χ0) is 14.8. The fraction of sp³-hybridized carbons (Fsp3) is 0.312. The van der Waals surface area contributed by atoms with Gasteiger partial charge in [0.05, 0.1) is 7.11 Å². The smallest absolute Gasteiger partial charge is 1.00 e. The van der Waals surface area contributed by atoms with E-state index in [1.807, 2.05) is 24.3 Å². The van der Waals surface area contributed by atoms with E-state index < -0.39 is 6.04 Å². The Morgan fingerprint density at radius 1 is 1.41 bits per heavy atom. The van der Waals surface area contributed by atoms with E-state index in [2.05, 4.69) is 16.3 Å². The fourth-order valence-corrected chi connectivity index (χ4v) is 3.90. The number of hydrogen-bond acceptors (Lipinski definition) is 4. The molecule has 1 aromatic heterocycles. The van der Waals surface area contributed by atoms with Crippen LogP contribution in [0, 0.1) is 0 Å². The summed E-state index contributed by atoms with van der Waals surface area (Å²) >= 11 is 8.07. The predicted molar refractivity (Wildman–Crippen MR) is 85.8 cm³/mol. The van der Waals surface area contributed by atoms with Gasteiger partial charge in [-0.3, -0.25) is 4.90 Å². The molecule has 0 fully saturated rings. The second-order valence-corrected chi connectivity index (χ2v) is 6.44. The second kappa shape index (κ2) is 7.59. The summed E-state index contributed by atoms with van der Waals surface area (Å²) in [7, 11) is 1.42. The van der Waals surface area contributed by atoms with Gasteiger partial charge in [-0.15, -0.1) is 11.3 Å². The number of rotatable bonds is 3. The summed E-state index contributed by atoms with van der Waals surface area (Å²) in [5.41, 5.74) is 2.11.